The number of carbonyl (C=O) groups is 1. The third kappa shape index (κ3) is 5.00. The second-order valence-electron chi connectivity index (χ2n) is 5.68. The molecule has 1 aromatic carbocycles. The molecular weight excluding hydrogens is 340 g/mol. The molecule has 1 aliphatic heterocycles. The maximum Gasteiger partial charge on any atom is 0.317 e. The van der Waals surface area contributed by atoms with Gasteiger partial charge in [-0.3, -0.25) is 0 Å². The molecule has 1 N–H and O–H groups in total. The van der Waals surface area contributed by atoms with Crippen LogP contribution in [0.3, 0.4) is 0 Å². The molecule has 1 heterocycles. The van der Waals surface area contributed by atoms with Crippen molar-refractivity contribution in [3.05, 3.63) is 28.8 Å². The zero-order chi connectivity index (χ0) is 17.0. The number of nitrogens with zero attached hydrogens (tertiary/aromatic N) is 1. The molecule has 128 valence electrons. The van der Waals surface area contributed by atoms with Gasteiger partial charge < -0.3 is 15.0 Å². The van der Waals surface area contributed by atoms with E-state index in [0.29, 0.717) is 23.7 Å². The Morgan fingerprint density at radius 1 is 1.48 bits per heavy atom. The van der Waals surface area contributed by atoms with E-state index in [2.05, 4.69) is 5.32 Å². The first-order chi connectivity index (χ1) is 10.8. The van der Waals surface area contributed by atoms with Crippen molar-refractivity contribution in [2.75, 3.05) is 31.7 Å². The summed E-state index contributed by atoms with van der Waals surface area (Å²) in [6.45, 7) is 2.54. The summed E-state index contributed by atoms with van der Waals surface area (Å²) >= 11 is 6.02. The molecule has 0 radical (unpaired) electrons. The van der Waals surface area contributed by atoms with E-state index < -0.39 is 9.84 Å². The molecule has 23 heavy (non-hydrogen) atoms. The fourth-order valence-electron chi connectivity index (χ4n) is 2.41. The molecule has 1 aromatic rings. The number of urea groups is 1. The average Bonchev–Trinajstić information content (AvgIpc) is 2.86. The van der Waals surface area contributed by atoms with Crippen molar-refractivity contribution in [3.63, 3.8) is 0 Å². The minimum atomic E-state index is -3.01. The first-order valence-corrected chi connectivity index (χ1v) is 9.58. The van der Waals surface area contributed by atoms with Crippen LogP contribution >= 0.6 is 11.6 Å². The van der Waals surface area contributed by atoms with Gasteiger partial charge in [0.2, 0.25) is 0 Å². The number of amides is 2. The first kappa shape index (κ1) is 17.9. The molecule has 1 atom stereocenters. The van der Waals surface area contributed by atoms with Crippen LogP contribution in [0.1, 0.15) is 12.0 Å². The summed E-state index contributed by atoms with van der Waals surface area (Å²) in [5.74, 6) is 0.757. The molecule has 2 rings (SSSR count). The summed E-state index contributed by atoms with van der Waals surface area (Å²) in [4.78, 5) is 13.5. The van der Waals surface area contributed by atoms with E-state index in [1.54, 1.807) is 13.1 Å². The van der Waals surface area contributed by atoms with Crippen LogP contribution in [-0.4, -0.2) is 57.1 Å². The van der Waals surface area contributed by atoms with Crippen LogP contribution in [-0.2, 0) is 9.84 Å². The van der Waals surface area contributed by atoms with Gasteiger partial charge in [0.1, 0.15) is 12.4 Å². The minimum absolute atomic E-state index is 0.0340. The molecule has 0 saturated carbocycles. The van der Waals surface area contributed by atoms with E-state index in [-0.39, 0.29) is 30.2 Å². The average molecular weight is 361 g/mol. The number of ether oxygens (including phenoxy) is 1. The van der Waals surface area contributed by atoms with Crippen molar-refractivity contribution < 1.29 is 17.9 Å². The molecule has 1 unspecified atom stereocenters. The summed E-state index contributed by atoms with van der Waals surface area (Å²) in [7, 11) is -1.39. The quantitative estimate of drug-likeness (QED) is 0.813. The second kappa shape index (κ2) is 7.40. The Labute approximate surface area is 141 Å². The number of carbonyl (C=O) groups excluding carboxylic acids is 1. The Balaban J connectivity index is 1.75. The number of hydrogen-bond acceptors (Lipinski definition) is 4. The lowest BCUT2D eigenvalue weighted by molar-refractivity contribution is 0.192. The lowest BCUT2D eigenvalue weighted by Crippen LogP contribution is -2.45. The van der Waals surface area contributed by atoms with Crippen LogP contribution in [0.4, 0.5) is 4.79 Å². The highest BCUT2D eigenvalue weighted by Crippen LogP contribution is 2.25. The van der Waals surface area contributed by atoms with Gasteiger partial charge in [-0.05, 0) is 31.0 Å². The van der Waals surface area contributed by atoms with E-state index in [1.807, 2.05) is 19.1 Å². The van der Waals surface area contributed by atoms with Crippen molar-refractivity contribution in [1.82, 2.24) is 10.2 Å². The maximum atomic E-state index is 12.0. The first-order valence-electron chi connectivity index (χ1n) is 7.38. The van der Waals surface area contributed by atoms with Gasteiger partial charge in [0.15, 0.2) is 9.84 Å². The number of rotatable bonds is 5. The Morgan fingerprint density at radius 2 is 2.22 bits per heavy atom. The van der Waals surface area contributed by atoms with Crippen molar-refractivity contribution in [1.29, 1.82) is 0 Å². The molecule has 0 aromatic heterocycles. The molecule has 0 bridgehead atoms. The Kier molecular flexibility index (Phi) is 5.75. The number of aryl methyl sites for hydroxylation is 1. The number of sulfone groups is 1. The van der Waals surface area contributed by atoms with E-state index in [1.165, 1.54) is 4.90 Å². The normalized spacial score (nSPS) is 19.3. The lowest BCUT2D eigenvalue weighted by atomic mass is 10.2. The second-order valence-corrected chi connectivity index (χ2v) is 8.32. The molecular formula is C15H21ClN2O4S. The van der Waals surface area contributed by atoms with Crippen LogP contribution in [0.15, 0.2) is 18.2 Å². The maximum absolute atomic E-state index is 12.0. The Morgan fingerprint density at radius 3 is 2.87 bits per heavy atom. The molecule has 2 amide bonds. The molecule has 0 aliphatic carbocycles. The Hall–Kier alpha value is -1.47. The highest BCUT2D eigenvalue weighted by molar-refractivity contribution is 7.91. The fourth-order valence-corrected chi connectivity index (χ4v) is 4.36. The zero-order valence-corrected chi connectivity index (χ0v) is 14.8. The van der Waals surface area contributed by atoms with Gasteiger partial charge in [0, 0.05) is 13.1 Å². The highest BCUT2D eigenvalue weighted by atomic mass is 35.5. The molecule has 6 nitrogen and oxygen atoms in total. The molecule has 1 saturated heterocycles. The molecule has 8 heteroatoms. The summed E-state index contributed by atoms with van der Waals surface area (Å²) in [5.41, 5.74) is 1.04. The van der Waals surface area contributed by atoms with E-state index in [4.69, 9.17) is 16.3 Å². The van der Waals surface area contributed by atoms with Gasteiger partial charge in [-0.2, -0.15) is 0 Å². The number of hydrogen-bond donors (Lipinski definition) is 1. The van der Waals surface area contributed by atoms with Gasteiger partial charge in [0.25, 0.3) is 0 Å². The Bertz CT molecular complexity index is 678. The van der Waals surface area contributed by atoms with Crippen molar-refractivity contribution in [2.45, 2.75) is 19.4 Å². The highest BCUT2D eigenvalue weighted by Gasteiger charge is 2.32. The zero-order valence-electron chi connectivity index (χ0n) is 13.2. The van der Waals surface area contributed by atoms with Gasteiger partial charge in [-0.1, -0.05) is 17.7 Å². The third-order valence-corrected chi connectivity index (χ3v) is 5.86. The smallest absolute Gasteiger partial charge is 0.317 e. The van der Waals surface area contributed by atoms with Gasteiger partial charge in [-0.25, -0.2) is 13.2 Å². The summed E-state index contributed by atoms with van der Waals surface area (Å²) in [6, 6.07) is 4.93. The number of halogens is 1. The van der Waals surface area contributed by atoms with Crippen LogP contribution < -0.4 is 10.1 Å². The van der Waals surface area contributed by atoms with Crippen molar-refractivity contribution >= 4 is 27.5 Å². The van der Waals surface area contributed by atoms with E-state index in [0.717, 1.165) is 5.56 Å². The SMILES string of the molecule is Cc1ccc(Cl)c(OCCNC(=O)N(C)C2CCS(=O)(=O)C2)c1. The van der Waals surface area contributed by atoms with Crippen LogP contribution in [0.2, 0.25) is 5.02 Å². The van der Waals surface area contributed by atoms with Crippen LogP contribution in [0.25, 0.3) is 0 Å². The lowest BCUT2D eigenvalue weighted by Gasteiger charge is -2.23. The largest absolute Gasteiger partial charge is 0.490 e. The molecule has 1 fully saturated rings. The predicted octanol–water partition coefficient (Wildman–Crippen LogP) is 1.86. The standard InChI is InChI=1S/C15H21ClN2O4S/c1-11-3-4-13(16)14(9-11)22-7-6-17-15(19)18(2)12-5-8-23(20,21)10-12/h3-4,9,12H,5-8,10H2,1-2H3,(H,17,19). The number of benzene rings is 1. The fraction of sp³-hybridized carbons (Fsp3) is 0.533. The van der Waals surface area contributed by atoms with Gasteiger partial charge >= 0.3 is 6.03 Å². The summed E-state index contributed by atoms with van der Waals surface area (Å²) in [5, 5.41) is 3.24. The monoisotopic (exact) mass is 360 g/mol. The van der Waals surface area contributed by atoms with Gasteiger partial charge in [0.05, 0.1) is 23.1 Å². The predicted molar refractivity (Wildman–Crippen MR) is 89.9 cm³/mol. The molecule has 0 spiro atoms. The number of nitrogens with one attached hydrogen (secondary N) is 1. The third-order valence-electron chi connectivity index (χ3n) is 3.80. The minimum Gasteiger partial charge on any atom is -0.490 e. The summed E-state index contributed by atoms with van der Waals surface area (Å²) in [6.07, 6.45) is 0.488. The van der Waals surface area contributed by atoms with Crippen LogP contribution in [0.5, 0.6) is 5.75 Å². The topological polar surface area (TPSA) is 75.7 Å². The van der Waals surface area contributed by atoms with Crippen molar-refractivity contribution in [2.24, 2.45) is 0 Å². The van der Waals surface area contributed by atoms with Gasteiger partial charge in [-0.15, -0.1) is 0 Å². The molecule has 1 aliphatic rings. The van der Waals surface area contributed by atoms with E-state index in [9.17, 15) is 13.2 Å². The summed E-state index contributed by atoms with van der Waals surface area (Å²) < 4.78 is 28.5. The van der Waals surface area contributed by atoms with Crippen LogP contribution in [0, 0.1) is 6.92 Å². The van der Waals surface area contributed by atoms with Crippen molar-refractivity contribution in [3.8, 4) is 5.75 Å². The van der Waals surface area contributed by atoms with E-state index >= 15 is 0 Å².